The van der Waals surface area contributed by atoms with Gasteiger partial charge in [0.2, 0.25) is 5.91 Å². The lowest BCUT2D eigenvalue weighted by Crippen LogP contribution is -2.39. The van der Waals surface area contributed by atoms with Crippen molar-refractivity contribution in [2.75, 3.05) is 20.0 Å². The topological polar surface area (TPSA) is 37.4 Å². The fourth-order valence-corrected chi connectivity index (χ4v) is 2.26. The van der Waals surface area contributed by atoms with Gasteiger partial charge >= 0.3 is 0 Å². The molecule has 0 atom stereocenters. The van der Waals surface area contributed by atoms with Crippen molar-refractivity contribution >= 4 is 23.3 Å². The van der Waals surface area contributed by atoms with Gasteiger partial charge in [-0.05, 0) is 25.8 Å². The van der Waals surface area contributed by atoms with E-state index in [4.69, 9.17) is 11.6 Å². The van der Waals surface area contributed by atoms with E-state index in [1.54, 1.807) is 31.1 Å². The van der Waals surface area contributed by atoms with Crippen LogP contribution in [0.15, 0.2) is 24.3 Å². The molecule has 0 bridgehead atoms. The van der Waals surface area contributed by atoms with Crippen molar-refractivity contribution in [1.29, 1.82) is 0 Å². The molecule has 4 heteroatoms. The van der Waals surface area contributed by atoms with E-state index < -0.39 is 5.41 Å². The van der Waals surface area contributed by atoms with Crippen LogP contribution >= 0.6 is 11.6 Å². The molecule has 0 radical (unpaired) electrons. The Morgan fingerprint density at radius 2 is 1.70 bits per heavy atom. The van der Waals surface area contributed by atoms with Crippen LogP contribution in [0.5, 0.6) is 0 Å². The summed E-state index contributed by atoms with van der Waals surface area (Å²) in [5, 5.41) is 0. The predicted octanol–water partition coefficient (Wildman–Crippen LogP) is 3.25. The maximum Gasteiger partial charge on any atom is 0.232 e. The minimum absolute atomic E-state index is 0.0405. The van der Waals surface area contributed by atoms with Crippen molar-refractivity contribution in [1.82, 2.24) is 4.90 Å². The zero-order valence-corrected chi connectivity index (χ0v) is 13.3. The number of carbonyl (C=O) groups is 2. The number of ketones is 1. The number of hydrogen-bond acceptors (Lipinski definition) is 2. The summed E-state index contributed by atoms with van der Waals surface area (Å²) in [7, 11) is 3.49. The fraction of sp³-hybridized carbons (Fsp3) is 0.500. The summed E-state index contributed by atoms with van der Waals surface area (Å²) < 4.78 is 0. The minimum Gasteiger partial charge on any atom is -0.348 e. The van der Waals surface area contributed by atoms with Gasteiger partial charge in [-0.1, -0.05) is 24.3 Å². The molecule has 1 amide bonds. The molecule has 0 aromatic heterocycles. The number of benzene rings is 1. The number of hydrogen-bond donors (Lipinski definition) is 0. The van der Waals surface area contributed by atoms with Gasteiger partial charge in [-0.25, -0.2) is 0 Å². The third kappa shape index (κ3) is 3.83. The molecule has 0 fully saturated rings. The summed E-state index contributed by atoms with van der Waals surface area (Å²) in [6.07, 6.45) is 1.15. The summed E-state index contributed by atoms with van der Waals surface area (Å²) >= 11 is 5.59. The molecule has 0 saturated heterocycles. The summed E-state index contributed by atoms with van der Waals surface area (Å²) in [6.45, 7) is 3.78. The molecule has 1 aromatic rings. The highest BCUT2D eigenvalue weighted by Crippen LogP contribution is 2.25. The van der Waals surface area contributed by atoms with Crippen molar-refractivity contribution in [3.05, 3.63) is 35.4 Å². The Labute approximate surface area is 125 Å². The Balaban J connectivity index is 2.91. The highest BCUT2D eigenvalue weighted by Gasteiger charge is 2.31. The predicted molar refractivity (Wildman–Crippen MR) is 82.4 cm³/mol. The number of Topliss-reactive ketones (excluding diaryl/α,β-unsaturated/α-hetero) is 1. The molecule has 0 aliphatic heterocycles. The van der Waals surface area contributed by atoms with E-state index >= 15 is 0 Å². The van der Waals surface area contributed by atoms with Crippen LogP contribution in [0.3, 0.4) is 0 Å². The molecule has 20 heavy (non-hydrogen) atoms. The van der Waals surface area contributed by atoms with Gasteiger partial charge < -0.3 is 4.90 Å². The first-order valence-corrected chi connectivity index (χ1v) is 7.25. The van der Waals surface area contributed by atoms with Gasteiger partial charge in [-0.2, -0.15) is 0 Å². The first-order valence-electron chi connectivity index (χ1n) is 6.72. The third-order valence-corrected chi connectivity index (χ3v) is 3.67. The maximum atomic E-state index is 12.2. The average Bonchev–Trinajstić information content (AvgIpc) is 2.43. The van der Waals surface area contributed by atoms with Crippen LogP contribution in [-0.4, -0.2) is 36.6 Å². The molecule has 0 unspecified atom stereocenters. The van der Waals surface area contributed by atoms with Crippen molar-refractivity contribution in [3.63, 3.8) is 0 Å². The zero-order chi connectivity index (χ0) is 15.3. The quantitative estimate of drug-likeness (QED) is 0.597. The zero-order valence-electron chi connectivity index (χ0n) is 12.6. The number of rotatable bonds is 6. The Kier molecular flexibility index (Phi) is 5.75. The van der Waals surface area contributed by atoms with Crippen LogP contribution in [0.4, 0.5) is 0 Å². The molecule has 0 heterocycles. The minimum atomic E-state index is -0.596. The molecule has 0 N–H and O–H groups in total. The molecule has 110 valence electrons. The summed E-state index contributed by atoms with van der Waals surface area (Å²) in [6, 6.07) is 7.29. The lowest BCUT2D eigenvalue weighted by molar-refractivity contribution is -0.133. The first kappa shape index (κ1) is 16.7. The van der Waals surface area contributed by atoms with Crippen LogP contribution in [0, 0.1) is 0 Å². The number of halogens is 1. The van der Waals surface area contributed by atoms with Crippen LogP contribution in [0.2, 0.25) is 0 Å². The summed E-state index contributed by atoms with van der Waals surface area (Å²) in [5.41, 5.74) is 0.985. The smallest absolute Gasteiger partial charge is 0.232 e. The number of alkyl halides is 1. The molecule has 1 aromatic carbocycles. The van der Waals surface area contributed by atoms with E-state index in [0.717, 1.165) is 5.56 Å². The van der Waals surface area contributed by atoms with Crippen LogP contribution in [-0.2, 0) is 10.2 Å². The standard InChI is InChI=1S/C16H22ClNO2/c1-16(2,15(20)18(3)4)13-9-7-12(8-10-13)14(19)6-5-11-17/h7-10H,5-6,11H2,1-4H3. The maximum absolute atomic E-state index is 12.2. The Morgan fingerprint density at radius 3 is 2.15 bits per heavy atom. The van der Waals surface area contributed by atoms with Crippen LogP contribution in [0.25, 0.3) is 0 Å². The van der Waals surface area contributed by atoms with Crippen molar-refractivity contribution in [3.8, 4) is 0 Å². The lowest BCUT2D eigenvalue weighted by atomic mass is 9.82. The highest BCUT2D eigenvalue weighted by atomic mass is 35.5. The molecule has 0 aliphatic carbocycles. The van der Waals surface area contributed by atoms with Crippen molar-refractivity contribution in [2.45, 2.75) is 32.1 Å². The molecular weight excluding hydrogens is 274 g/mol. The van der Waals surface area contributed by atoms with E-state index in [1.807, 2.05) is 26.0 Å². The van der Waals surface area contributed by atoms with E-state index in [0.29, 0.717) is 24.3 Å². The second-order valence-electron chi connectivity index (χ2n) is 5.62. The summed E-state index contributed by atoms with van der Waals surface area (Å²) in [4.78, 5) is 25.6. The van der Waals surface area contributed by atoms with Gasteiger partial charge in [-0.15, -0.1) is 11.6 Å². The molecule has 1 rings (SSSR count). The molecule has 0 aliphatic rings. The van der Waals surface area contributed by atoms with Crippen LogP contribution in [0.1, 0.15) is 42.6 Å². The van der Waals surface area contributed by atoms with Crippen LogP contribution < -0.4 is 0 Å². The van der Waals surface area contributed by atoms with Gasteiger partial charge in [-0.3, -0.25) is 9.59 Å². The van der Waals surface area contributed by atoms with Crippen molar-refractivity contribution < 1.29 is 9.59 Å². The second kappa shape index (κ2) is 6.89. The van der Waals surface area contributed by atoms with E-state index in [1.165, 1.54) is 0 Å². The van der Waals surface area contributed by atoms with E-state index in [-0.39, 0.29) is 11.7 Å². The fourth-order valence-electron chi connectivity index (χ4n) is 2.13. The summed E-state index contributed by atoms with van der Waals surface area (Å²) in [5.74, 6) is 0.626. The molecule has 3 nitrogen and oxygen atoms in total. The SMILES string of the molecule is CN(C)C(=O)C(C)(C)c1ccc(C(=O)CCCCl)cc1. The third-order valence-electron chi connectivity index (χ3n) is 3.41. The van der Waals surface area contributed by atoms with E-state index in [9.17, 15) is 9.59 Å². The van der Waals surface area contributed by atoms with Gasteiger partial charge in [0.1, 0.15) is 0 Å². The normalized spacial score (nSPS) is 11.2. The molecule has 0 spiro atoms. The van der Waals surface area contributed by atoms with Gasteiger partial charge in [0.05, 0.1) is 5.41 Å². The number of likely N-dealkylation sites (N-methyl/N-ethyl adjacent to an activating group) is 1. The molecular formula is C16H22ClNO2. The first-order chi connectivity index (χ1) is 9.30. The molecule has 0 saturated carbocycles. The average molecular weight is 296 g/mol. The largest absolute Gasteiger partial charge is 0.348 e. The van der Waals surface area contributed by atoms with Gasteiger partial charge in [0.15, 0.2) is 5.78 Å². The van der Waals surface area contributed by atoms with Gasteiger partial charge in [0.25, 0.3) is 0 Å². The lowest BCUT2D eigenvalue weighted by Gasteiger charge is -2.27. The number of nitrogens with zero attached hydrogens (tertiary/aromatic N) is 1. The Morgan fingerprint density at radius 1 is 1.15 bits per heavy atom. The monoisotopic (exact) mass is 295 g/mol. The Hall–Kier alpha value is -1.35. The highest BCUT2D eigenvalue weighted by molar-refractivity contribution is 6.18. The van der Waals surface area contributed by atoms with E-state index in [2.05, 4.69) is 0 Å². The van der Waals surface area contributed by atoms with Gasteiger partial charge in [0, 0.05) is 32.0 Å². The number of carbonyl (C=O) groups excluding carboxylic acids is 2. The Bertz CT molecular complexity index is 478. The van der Waals surface area contributed by atoms with Crippen molar-refractivity contribution in [2.24, 2.45) is 0 Å². The second-order valence-corrected chi connectivity index (χ2v) is 6.00. The number of amides is 1.